The summed E-state index contributed by atoms with van der Waals surface area (Å²) in [4.78, 5) is 11.1. The quantitative estimate of drug-likeness (QED) is 0.820. The van der Waals surface area contributed by atoms with Crippen molar-refractivity contribution in [3.63, 3.8) is 0 Å². The molecular formula is C19H25N5S. The van der Waals surface area contributed by atoms with Gasteiger partial charge in [-0.1, -0.05) is 19.9 Å². The Bertz CT molecular complexity index is 679. The summed E-state index contributed by atoms with van der Waals surface area (Å²) in [7, 11) is 0. The fraction of sp³-hybridized carbons (Fsp3) is 0.421. The van der Waals surface area contributed by atoms with Crippen molar-refractivity contribution in [2.75, 3.05) is 23.3 Å². The van der Waals surface area contributed by atoms with Crippen molar-refractivity contribution in [2.45, 2.75) is 26.8 Å². The van der Waals surface area contributed by atoms with Crippen molar-refractivity contribution in [1.82, 2.24) is 15.3 Å². The zero-order valence-corrected chi connectivity index (χ0v) is 15.6. The van der Waals surface area contributed by atoms with Crippen LogP contribution in [0.3, 0.4) is 0 Å². The summed E-state index contributed by atoms with van der Waals surface area (Å²) >= 11 is 5.34. The van der Waals surface area contributed by atoms with Crippen LogP contribution in [0.1, 0.15) is 25.8 Å². The van der Waals surface area contributed by atoms with Gasteiger partial charge in [0, 0.05) is 32.0 Å². The van der Waals surface area contributed by atoms with E-state index in [0.29, 0.717) is 23.5 Å². The van der Waals surface area contributed by atoms with Crippen LogP contribution in [0.5, 0.6) is 0 Å². The van der Waals surface area contributed by atoms with Crippen molar-refractivity contribution in [1.29, 1.82) is 0 Å². The summed E-state index contributed by atoms with van der Waals surface area (Å²) < 4.78 is 0. The van der Waals surface area contributed by atoms with Gasteiger partial charge < -0.3 is 15.5 Å². The first-order valence-corrected chi connectivity index (χ1v) is 9.15. The third-order valence-electron chi connectivity index (χ3n) is 4.37. The highest BCUT2D eigenvalue weighted by molar-refractivity contribution is 7.80. The molecular weight excluding hydrogens is 330 g/mol. The van der Waals surface area contributed by atoms with E-state index in [0.717, 1.165) is 30.2 Å². The monoisotopic (exact) mass is 355 g/mol. The van der Waals surface area contributed by atoms with E-state index in [4.69, 9.17) is 12.2 Å². The second-order valence-electron chi connectivity index (χ2n) is 6.93. The molecule has 5 nitrogen and oxygen atoms in total. The lowest BCUT2D eigenvalue weighted by atomic mass is 9.92. The summed E-state index contributed by atoms with van der Waals surface area (Å²) in [5.74, 6) is 2.47. The van der Waals surface area contributed by atoms with Gasteiger partial charge in [-0.05, 0) is 54.2 Å². The van der Waals surface area contributed by atoms with E-state index >= 15 is 0 Å². The number of hydrogen-bond acceptors (Lipinski definition) is 4. The van der Waals surface area contributed by atoms with Crippen molar-refractivity contribution in [3.8, 4) is 0 Å². The van der Waals surface area contributed by atoms with Crippen LogP contribution in [0.25, 0.3) is 0 Å². The summed E-state index contributed by atoms with van der Waals surface area (Å²) in [6, 6.07) is 8.03. The summed E-state index contributed by atoms with van der Waals surface area (Å²) in [5.41, 5.74) is 1.99. The molecule has 2 N–H and O–H groups in total. The maximum Gasteiger partial charge on any atom is 0.171 e. The number of aromatic nitrogens is 2. The second-order valence-corrected chi connectivity index (χ2v) is 7.33. The van der Waals surface area contributed by atoms with Crippen LogP contribution in [0.2, 0.25) is 0 Å². The SMILES string of the molecule is C[C@H]1C[C@H](C)CN(c2ccc(NC(=S)NCc3cccnc3)cn2)C1. The Balaban J connectivity index is 1.52. The smallest absolute Gasteiger partial charge is 0.171 e. The van der Waals surface area contributed by atoms with Gasteiger partial charge >= 0.3 is 0 Å². The molecule has 0 amide bonds. The predicted molar refractivity (Wildman–Crippen MR) is 107 cm³/mol. The Morgan fingerprint density at radius 3 is 2.64 bits per heavy atom. The van der Waals surface area contributed by atoms with E-state index in [1.54, 1.807) is 6.20 Å². The largest absolute Gasteiger partial charge is 0.358 e. The molecule has 2 aromatic rings. The normalized spacial score (nSPS) is 20.2. The first-order valence-electron chi connectivity index (χ1n) is 8.75. The zero-order chi connectivity index (χ0) is 17.6. The molecule has 1 aliphatic rings. The fourth-order valence-electron chi connectivity index (χ4n) is 3.36. The van der Waals surface area contributed by atoms with Gasteiger partial charge in [-0.15, -0.1) is 0 Å². The van der Waals surface area contributed by atoms with Gasteiger partial charge in [0.05, 0.1) is 11.9 Å². The Labute approximate surface area is 154 Å². The fourth-order valence-corrected chi connectivity index (χ4v) is 3.55. The zero-order valence-electron chi connectivity index (χ0n) is 14.8. The molecule has 2 atom stereocenters. The Kier molecular flexibility index (Phi) is 5.81. The average Bonchev–Trinajstić information content (AvgIpc) is 2.61. The number of piperidine rings is 1. The van der Waals surface area contributed by atoms with Gasteiger partial charge in [-0.2, -0.15) is 0 Å². The first kappa shape index (κ1) is 17.6. The molecule has 3 rings (SSSR count). The van der Waals surface area contributed by atoms with Crippen LogP contribution in [-0.4, -0.2) is 28.2 Å². The lowest BCUT2D eigenvalue weighted by molar-refractivity contribution is 0.355. The number of nitrogens with one attached hydrogen (secondary N) is 2. The Morgan fingerprint density at radius 2 is 2.00 bits per heavy atom. The topological polar surface area (TPSA) is 53.1 Å². The van der Waals surface area contributed by atoms with Gasteiger partial charge in [-0.25, -0.2) is 4.98 Å². The molecule has 1 saturated heterocycles. The number of anilines is 2. The molecule has 0 unspecified atom stereocenters. The molecule has 0 aliphatic carbocycles. The van der Waals surface area contributed by atoms with Crippen LogP contribution in [0.4, 0.5) is 11.5 Å². The molecule has 0 aromatic carbocycles. The maximum absolute atomic E-state index is 5.34. The highest BCUT2D eigenvalue weighted by Crippen LogP contribution is 2.25. The first-order chi connectivity index (χ1) is 12.1. The van der Waals surface area contributed by atoms with Gasteiger partial charge in [0.15, 0.2) is 5.11 Å². The summed E-state index contributed by atoms with van der Waals surface area (Å²) in [5, 5.41) is 6.94. The predicted octanol–water partition coefficient (Wildman–Crippen LogP) is 3.45. The minimum absolute atomic E-state index is 0.582. The number of thiocarbonyl (C=S) groups is 1. The number of pyridine rings is 2. The average molecular weight is 356 g/mol. The third-order valence-corrected chi connectivity index (χ3v) is 4.62. The van der Waals surface area contributed by atoms with E-state index in [2.05, 4.69) is 45.4 Å². The molecule has 1 fully saturated rings. The lowest BCUT2D eigenvalue weighted by Crippen LogP contribution is -2.39. The molecule has 2 aromatic heterocycles. The molecule has 25 heavy (non-hydrogen) atoms. The third kappa shape index (κ3) is 5.13. The van der Waals surface area contributed by atoms with Gasteiger partial charge in [0.2, 0.25) is 0 Å². The molecule has 0 spiro atoms. The molecule has 0 bridgehead atoms. The lowest BCUT2D eigenvalue weighted by Gasteiger charge is -2.35. The molecule has 6 heteroatoms. The van der Waals surface area contributed by atoms with Crippen LogP contribution >= 0.6 is 12.2 Å². The van der Waals surface area contributed by atoms with Crippen LogP contribution < -0.4 is 15.5 Å². The van der Waals surface area contributed by atoms with Crippen molar-refractivity contribution < 1.29 is 0 Å². The Morgan fingerprint density at radius 1 is 1.20 bits per heavy atom. The van der Waals surface area contributed by atoms with Crippen molar-refractivity contribution in [3.05, 3.63) is 48.4 Å². The maximum atomic E-state index is 5.34. The minimum Gasteiger partial charge on any atom is -0.358 e. The number of hydrogen-bond donors (Lipinski definition) is 2. The highest BCUT2D eigenvalue weighted by Gasteiger charge is 2.22. The highest BCUT2D eigenvalue weighted by atomic mass is 32.1. The molecule has 0 saturated carbocycles. The summed E-state index contributed by atoms with van der Waals surface area (Å²) in [6.07, 6.45) is 6.73. The van der Waals surface area contributed by atoms with E-state index in [1.165, 1.54) is 6.42 Å². The van der Waals surface area contributed by atoms with E-state index < -0.39 is 0 Å². The van der Waals surface area contributed by atoms with Crippen molar-refractivity contribution >= 4 is 28.8 Å². The Hall–Kier alpha value is -2.21. The van der Waals surface area contributed by atoms with Crippen LogP contribution in [0.15, 0.2) is 42.9 Å². The number of nitrogens with zero attached hydrogens (tertiary/aromatic N) is 3. The second kappa shape index (κ2) is 8.25. The van der Waals surface area contributed by atoms with Crippen molar-refractivity contribution in [2.24, 2.45) is 11.8 Å². The standard InChI is InChI=1S/C19H25N5S/c1-14-8-15(2)13-24(12-14)18-6-5-17(11-21-18)23-19(25)22-10-16-4-3-7-20-9-16/h3-7,9,11,14-15H,8,10,12-13H2,1-2H3,(H2,22,23,25)/t14-,15-/m0/s1. The molecule has 3 heterocycles. The van der Waals surface area contributed by atoms with E-state index in [9.17, 15) is 0 Å². The van der Waals surface area contributed by atoms with Crippen LogP contribution in [-0.2, 0) is 6.54 Å². The molecule has 132 valence electrons. The molecule has 1 aliphatic heterocycles. The van der Waals surface area contributed by atoms with E-state index in [1.807, 2.05) is 30.6 Å². The summed E-state index contributed by atoms with van der Waals surface area (Å²) in [6.45, 7) is 7.43. The minimum atomic E-state index is 0.582. The van der Waals surface area contributed by atoms with E-state index in [-0.39, 0.29) is 0 Å². The van der Waals surface area contributed by atoms with Gasteiger partial charge in [0.25, 0.3) is 0 Å². The van der Waals surface area contributed by atoms with Crippen LogP contribution in [0, 0.1) is 11.8 Å². The van der Waals surface area contributed by atoms with Gasteiger partial charge in [-0.3, -0.25) is 4.98 Å². The molecule has 0 radical (unpaired) electrons. The number of rotatable bonds is 4. The van der Waals surface area contributed by atoms with Gasteiger partial charge in [0.1, 0.15) is 5.82 Å².